The summed E-state index contributed by atoms with van der Waals surface area (Å²) in [7, 11) is 0. The average molecular weight is 208 g/mol. The first-order valence-electron chi connectivity index (χ1n) is 5.31. The lowest BCUT2D eigenvalue weighted by molar-refractivity contribution is 0.0953. The Morgan fingerprint density at radius 1 is 1.33 bits per heavy atom. The van der Waals surface area contributed by atoms with Crippen LogP contribution in [0.15, 0.2) is 18.3 Å². The molecule has 0 aliphatic carbocycles. The van der Waals surface area contributed by atoms with Crippen molar-refractivity contribution in [2.24, 2.45) is 0 Å². The molecule has 0 radical (unpaired) electrons. The van der Waals surface area contributed by atoms with Crippen molar-refractivity contribution in [1.29, 1.82) is 0 Å². The number of aliphatic hydroxyl groups excluding tert-OH is 2. The van der Waals surface area contributed by atoms with Crippen LogP contribution in [0.4, 0.5) is 5.82 Å². The van der Waals surface area contributed by atoms with Crippen molar-refractivity contribution in [2.75, 3.05) is 24.6 Å². The van der Waals surface area contributed by atoms with E-state index in [9.17, 15) is 5.11 Å². The highest BCUT2D eigenvalue weighted by Crippen LogP contribution is 2.19. The summed E-state index contributed by atoms with van der Waals surface area (Å²) in [5.41, 5.74) is 0.667. The van der Waals surface area contributed by atoms with Crippen LogP contribution in [0.3, 0.4) is 0 Å². The van der Waals surface area contributed by atoms with E-state index in [-0.39, 0.29) is 6.61 Å². The fourth-order valence-electron chi connectivity index (χ4n) is 1.83. The molecule has 0 aromatic carbocycles. The molecule has 1 atom stereocenters. The molecule has 1 aliphatic heterocycles. The molecule has 0 amide bonds. The monoisotopic (exact) mass is 208 g/mol. The van der Waals surface area contributed by atoms with E-state index >= 15 is 0 Å². The van der Waals surface area contributed by atoms with E-state index in [4.69, 9.17) is 5.11 Å². The zero-order valence-corrected chi connectivity index (χ0v) is 8.63. The Hall–Kier alpha value is -1.13. The van der Waals surface area contributed by atoms with Gasteiger partial charge in [-0.2, -0.15) is 0 Å². The molecule has 1 aliphatic rings. The number of aromatic nitrogens is 1. The van der Waals surface area contributed by atoms with Gasteiger partial charge in [0.2, 0.25) is 0 Å². The molecule has 0 saturated carbocycles. The highest BCUT2D eigenvalue weighted by atomic mass is 16.3. The average Bonchev–Trinajstić information content (AvgIpc) is 2.82. The maximum absolute atomic E-state index is 9.38. The first-order chi connectivity index (χ1) is 7.31. The quantitative estimate of drug-likeness (QED) is 0.768. The van der Waals surface area contributed by atoms with Gasteiger partial charge in [-0.1, -0.05) is 6.07 Å². The number of anilines is 1. The summed E-state index contributed by atoms with van der Waals surface area (Å²) >= 11 is 0. The Labute approximate surface area is 89.2 Å². The maximum Gasteiger partial charge on any atom is 0.128 e. The minimum atomic E-state index is -0.815. The van der Waals surface area contributed by atoms with E-state index in [0.29, 0.717) is 5.56 Å². The van der Waals surface area contributed by atoms with Crippen molar-refractivity contribution >= 4 is 5.82 Å². The van der Waals surface area contributed by atoms with Crippen LogP contribution in [0.1, 0.15) is 24.5 Å². The van der Waals surface area contributed by atoms with Gasteiger partial charge in [0.1, 0.15) is 11.9 Å². The minimum absolute atomic E-state index is 0.259. The number of hydrogen-bond donors (Lipinski definition) is 2. The van der Waals surface area contributed by atoms with Gasteiger partial charge in [-0.15, -0.1) is 0 Å². The van der Waals surface area contributed by atoms with Gasteiger partial charge >= 0.3 is 0 Å². The van der Waals surface area contributed by atoms with E-state index in [1.54, 1.807) is 6.20 Å². The third-order valence-corrected chi connectivity index (χ3v) is 2.76. The topological polar surface area (TPSA) is 56.6 Å². The Morgan fingerprint density at radius 2 is 2.07 bits per heavy atom. The van der Waals surface area contributed by atoms with Crippen molar-refractivity contribution in [3.8, 4) is 0 Å². The molecule has 2 heterocycles. The predicted octanol–water partition coefficient (Wildman–Crippen LogP) is 0.708. The number of nitrogens with zero attached hydrogens (tertiary/aromatic N) is 2. The molecule has 4 nitrogen and oxygen atoms in total. The van der Waals surface area contributed by atoms with Gasteiger partial charge in [-0.3, -0.25) is 0 Å². The highest BCUT2D eigenvalue weighted by Gasteiger charge is 2.14. The molecule has 1 aromatic rings. The van der Waals surface area contributed by atoms with Crippen molar-refractivity contribution in [3.63, 3.8) is 0 Å². The van der Waals surface area contributed by atoms with Crippen LogP contribution in [0.25, 0.3) is 0 Å². The van der Waals surface area contributed by atoms with Crippen LogP contribution in [0.2, 0.25) is 0 Å². The summed E-state index contributed by atoms with van der Waals surface area (Å²) in [4.78, 5) is 6.52. The molecule has 4 heteroatoms. The summed E-state index contributed by atoms with van der Waals surface area (Å²) in [5, 5.41) is 18.2. The molecule has 1 fully saturated rings. The Bertz CT molecular complexity index is 307. The number of rotatable bonds is 3. The zero-order valence-electron chi connectivity index (χ0n) is 8.63. The summed E-state index contributed by atoms with van der Waals surface area (Å²) in [6.07, 6.45) is 3.27. The minimum Gasteiger partial charge on any atom is -0.393 e. The number of hydrogen-bond acceptors (Lipinski definition) is 4. The Morgan fingerprint density at radius 3 is 2.60 bits per heavy atom. The Balaban J connectivity index is 2.09. The highest BCUT2D eigenvalue weighted by molar-refractivity contribution is 5.40. The third-order valence-electron chi connectivity index (χ3n) is 2.76. The van der Waals surface area contributed by atoms with Crippen LogP contribution in [-0.2, 0) is 0 Å². The fourth-order valence-corrected chi connectivity index (χ4v) is 1.83. The van der Waals surface area contributed by atoms with Crippen LogP contribution < -0.4 is 4.90 Å². The van der Waals surface area contributed by atoms with Crippen LogP contribution in [0.5, 0.6) is 0 Å². The molecular formula is C11H16N2O2. The number of pyridine rings is 1. The third kappa shape index (κ3) is 2.27. The lowest BCUT2D eigenvalue weighted by Gasteiger charge is -2.16. The van der Waals surface area contributed by atoms with E-state index in [1.807, 2.05) is 12.1 Å². The van der Waals surface area contributed by atoms with Crippen LogP contribution in [0, 0.1) is 0 Å². The largest absolute Gasteiger partial charge is 0.393 e. The van der Waals surface area contributed by atoms with Crippen molar-refractivity contribution < 1.29 is 10.2 Å². The van der Waals surface area contributed by atoms with E-state index in [0.717, 1.165) is 18.9 Å². The summed E-state index contributed by atoms with van der Waals surface area (Å²) in [6.45, 7) is 1.87. The lowest BCUT2D eigenvalue weighted by atomic mass is 10.2. The van der Waals surface area contributed by atoms with Gasteiger partial charge in [0.15, 0.2) is 0 Å². The van der Waals surface area contributed by atoms with E-state index < -0.39 is 6.10 Å². The van der Waals surface area contributed by atoms with Gasteiger partial charge in [0, 0.05) is 24.8 Å². The molecule has 82 valence electrons. The van der Waals surface area contributed by atoms with Gasteiger partial charge in [-0.25, -0.2) is 4.98 Å². The fraction of sp³-hybridized carbons (Fsp3) is 0.545. The zero-order chi connectivity index (χ0) is 10.7. The van der Waals surface area contributed by atoms with Gasteiger partial charge in [0.05, 0.1) is 6.61 Å². The lowest BCUT2D eigenvalue weighted by Crippen LogP contribution is -2.19. The molecule has 1 unspecified atom stereocenters. The normalized spacial score (nSPS) is 18.1. The summed E-state index contributed by atoms with van der Waals surface area (Å²) in [6, 6.07) is 3.72. The molecule has 2 N–H and O–H groups in total. The molecule has 1 aromatic heterocycles. The molecule has 15 heavy (non-hydrogen) atoms. The summed E-state index contributed by atoms with van der Waals surface area (Å²) in [5.74, 6) is 0.960. The second-order valence-corrected chi connectivity index (χ2v) is 3.84. The molecule has 0 spiro atoms. The molecular weight excluding hydrogens is 192 g/mol. The van der Waals surface area contributed by atoms with Crippen molar-refractivity contribution in [2.45, 2.75) is 18.9 Å². The van der Waals surface area contributed by atoms with E-state index in [1.165, 1.54) is 12.8 Å². The SMILES string of the molecule is OCC(O)c1ccc(N2CCCC2)nc1. The maximum atomic E-state index is 9.38. The second kappa shape index (κ2) is 4.59. The molecule has 0 bridgehead atoms. The first-order valence-corrected chi connectivity index (χ1v) is 5.31. The first kappa shape index (κ1) is 10.4. The van der Waals surface area contributed by atoms with Crippen molar-refractivity contribution in [3.05, 3.63) is 23.9 Å². The smallest absolute Gasteiger partial charge is 0.128 e. The van der Waals surface area contributed by atoms with Crippen LogP contribution >= 0.6 is 0 Å². The van der Waals surface area contributed by atoms with Gasteiger partial charge in [-0.05, 0) is 18.9 Å². The Kier molecular flexibility index (Phi) is 3.18. The number of aliphatic hydroxyl groups is 2. The predicted molar refractivity (Wildman–Crippen MR) is 57.7 cm³/mol. The second-order valence-electron chi connectivity index (χ2n) is 3.84. The standard InChI is InChI=1S/C11H16N2O2/c14-8-10(15)9-3-4-11(12-7-9)13-5-1-2-6-13/h3-4,7,10,14-15H,1-2,5-6,8H2. The van der Waals surface area contributed by atoms with Gasteiger partial charge < -0.3 is 15.1 Å². The van der Waals surface area contributed by atoms with E-state index in [2.05, 4.69) is 9.88 Å². The van der Waals surface area contributed by atoms with Crippen LogP contribution in [-0.4, -0.2) is 34.9 Å². The molecule has 1 saturated heterocycles. The van der Waals surface area contributed by atoms with Gasteiger partial charge in [0.25, 0.3) is 0 Å². The summed E-state index contributed by atoms with van der Waals surface area (Å²) < 4.78 is 0. The van der Waals surface area contributed by atoms with Crippen molar-refractivity contribution in [1.82, 2.24) is 4.98 Å². The molecule has 2 rings (SSSR count).